The van der Waals surface area contributed by atoms with Crippen molar-refractivity contribution in [2.75, 3.05) is 6.54 Å². The van der Waals surface area contributed by atoms with Gasteiger partial charge in [0.25, 0.3) is 0 Å². The van der Waals surface area contributed by atoms with Gasteiger partial charge in [-0.05, 0) is 78.1 Å². The normalized spacial score (nSPS) is 13.6. The summed E-state index contributed by atoms with van der Waals surface area (Å²) < 4.78 is 11.0. The van der Waals surface area contributed by atoms with Crippen LogP contribution in [-0.4, -0.2) is 63.7 Å². The third-order valence-corrected chi connectivity index (χ3v) is 6.70. The SMILES string of the molecule is CCCCCCN(C(=O)C(C)NC(=O)OC(C)(C)C)C(C(=O)NC(Cc1ccccc1)C(=O)OC(C)(C)C)c1ccc(O)cc1. The van der Waals surface area contributed by atoms with Crippen LogP contribution in [0.15, 0.2) is 54.6 Å². The van der Waals surface area contributed by atoms with Crippen molar-refractivity contribution in [1.29, 1.82) is 0 Å². The van der Waals surface area contributed by atoms with Crippen LogP contribution in [0.3, 0.4) is 0 Å². The van der Waals surface area contributed by atoms with Crippen LogP contribution in [0.1, 0.15) is 98.2 Å². The molecular weight excluding hydrogens is 574 g/mol. The molecule has 0 fully saturated rings. The number of nitrogens with zero attached hydrogens (tertiary/aromatic N) is 1. The minimum atomic E-state index is -1.18. The van der Waals surface area contributed by atoms with Gasteiger partial charge in [0.2, 0.25) is 11.8 Å². The molecule has 0 bridgehead atoms. The van der Waals surface area contributed by atoms with Crippen LogP contribution in [-0.2, 0) is 30.3 Å². The van der Waals surface area contributed by atoms with Gasteiger partial charge in [-0.3, -0.25) is 9.59 Å². The lowest BCUT2D eigenvalue weighted by Crippen LogP contribution is -2.54. The first-order chi connectivity index (χ1) is 21.0. The van der Waals surface area contributed by atoms with E-state index >= 15 is 0 Å². The molecule has 3 amide bonds. The number of hydrogen-bond acceptors (Lipinski definition) is 7. The monoisotopic (exact) mass is 625 g/mol. The highest BCUT2D eigenvalue weighted by molar-refractivity contribution is 5.93. The molecule has 3 atom stereocenters. The maximum Gasteiger partial charge on any atom is 0.408 e. The Morgan fingerprint density at radius 1 is 0.822 bits per heavy atom. The predicted molar refractivity (Wildman–Crippen MR) is 173 cm³/mol. The molecular formula is C35H51N3O7. The molecule has 10 nitrogen and oxygen atoms in total. The van der Waals surface area contributed by atoms with Crippen molar-refractivity contribution in [3.05, 3.63) is 65.7 Å². The van der Waals surface area contributed by atoms with Gasteiger partial charge in [0.1, 0.15) is 35.1 Å². The highest BCUT2D eigenvalue weighted by Gasteiger charge is 2.37. The number of aromatic hydroxyl groups is 1. The van der Waals surface area contributed by atoms with Crippen molar-refractivity contribution < 1.29 is 33.8 Å². The summed E-state index contributed by atoms with van der Waals surface area (Å²) in [5.41, 5.74) is -0.313. The largest absolute Gasteiger partial charge is 0.508 e. The van der Waals surface area contributed by atoms with Gasteiger partial charge in [-0.15, -0.1) is 0 Å². The van der Waals surface area contributed by atoms with Crippen LogP contribution in [0.2, 0.25) is 0 Å². The Morgan fingerprint density at radius 2 is 1.42 bits per heavy atom. The second-order valence-corrected chi connectivity index (χ2v) is 13.2. The Bertz CT molecular complexity index is 1250. The first-order valence-corrected chi connectivity index (χ1v) is 15.7. The summed E-state index contributed by atoms with van der Waals surface area (Å²) in [6, 6.07) is 12.0. The Kier molecular flexibility index (Phi) is 13.9. The van der Waals surface area contributed by atoms with Gasteiger partial charge < -0.3 is 30.1 Å². The van der Waals surface area contributed by atoms with Crippen molar-refractivity contribution in [2.45, 2.75) is 117 Å². The van der Waals surface area contributed by atoms with Gasteiger partial charge in [0.15, 0.2) is 0 Å². The first kappa shape index (κ1) is 37.1. The Labute approximate surface area is 267 Å². The number of hydrogen-bond donors (Lipinski definition) is 3. The van der Waals surface area contributed by atoms with Crippen molar-refractivity contribution in [1.82, 2.24) is 15.5 Å². The zero-order valence-electron chi connectivity index (χ0n) is 28.0. The molecule has 0 aliphatic heterocycles. The van der Waals surface area contributed by atoms with E-state index in [0.29, 0.717) is 12.0 Å². The molecule has 3 N–H and O–H groups in total. The van der Waals surface area contributed by atoms with Crippen LogP contribution < -0.4 is 10.6 Å². The van der Waals surface area contributed by atoms with Gasteiger partial charge in [-0.2, -0.15) is 0 Å². The molecule has 0 aliphatic carbocycles. The molecule has 0 saturated carbocycles. The Morgan fingerprint density at radius 3 is 1.98 bits per heavy atom. The molecule has 0 saturated heterocycles. The van der Waals surface area contributed by atoms with E-state index in [4.69, 9.17) is 9.47 Å². The van der Waals surface area contributed by atoms with E-state index in [0.717, 1.165) is 24.8 Å². The molecule has 0 aromatic heterocycles. The maximum absolute atomic E-state index is 14.3. The standard InChI is InChI=1S/C35H51N3O7/c1-9-10-11-15-22-38(31(41)24(2)36-33(43)45-35(6,7)8)29(26-18-20-27(39)21-19-26)30(40)37-28(32(42)44-34(3,4)5)23-25-16-13-12-14-17-25/h12-14,16-21,24,28-29,39H,9-11,15,22-23H2,1-8H3,(H,36,43)(H,37,40). The topological polar surface area (TPSA) is 134 Å². The lowest BCUT2D eigenvalue weighted by molar-refractivity contribution is -0.159. The van der Waals surface area contributed by atoms with Crippen LogP contribution in [0.4, 0.5) is 4.79 Å². The van der Waals surface area contributed by atoms with Gasteiger partial charge >= 0.3 is 12.1 Å². The minimum absolute atomic E-state index is 0.00519. The molecule has 2 aromatic carbocycles. The minimum Gasteiger partial charge on any atom is -0.508 e. The number of ether oxygens (including phenoxy) is 2. The Hall–Kier alpha value is -4.08. The van der Waals surface area contributed by atoms with Gasteiger partial charge in [-0.1, -0.05) is 68.7 Å². The van der Waals surface area contributed by atoms with Crippen LogP contribution in [0.5, 0.6) is 5.75 Å². The first-order valence-electron chi connectivity index (χ1n) is 15.7. The number of unbranched alkanes of at least 4 members (excludes halogenated alkanes) is 3. The van der Waals surface area contributed by atoms with Crippen molar-refractivity contribution in [2.24, 2.45) is 0 Å². The Balaban J connectivity index is 2.52. The third-order valence-electron chi connectivity index (χ3n) is 6.70. The van der Waals surface area contributed by atoms with E-state index in [1.165, 1.54) is 24.0 Å². The van der Waals surface area contributed by atoms with Crippen molar-refractivity contribution >= 4 is 23.9 Å². The lowest BCUT2D eigenvalue weighted by Gasteiger charge is -2.34. The molecule has 0 aliphatic rings. The average Bonchev–Trinajstić information content (AvgIpc) is 2.93. The molecule has 3 unspecified atom stereocenters. The van der Waals surface area contributed by atoms with Gasteiger partial charge in [-0.25, -0.2) is 9.59 Å². The molecule has 2 rings (SSSR count). The fourth-order valence-corrected chi connectivity index (χ4v) is 4.67. The van der Waals surface area contributed by atoms with E-state index < -0.39 is 53.2 Å². The van der Waals surface area contributed by atoms with Crippen molar-refractivity contribution in [3.63, 3.8) is 0 Å². The number of benzene rings is 2. The van der Waals surface area contributed by atoms with E-state index in [1.807, 2.05) is 30.3 Å². The second kappa shape index (κ2) is 16.8. The third kappa shape index (κ3) is 13.2. The number of esters is 1. The van der Waals surface area contributed by atoms with Crippen molar-refractivity contribution in [3.8, 4) is 5.75 Å². The molecule has 0 radical (unpaired) electrons. The highest BCUT2D eigenvalue weighted by atomic mass is 16.6. The number of amides is 3. The quantitative estimate of drug-likeness (QED) is 0.178. The van der Waals surface area contributed by atoms with Gasteiger partial charge in [0.05, 0.1) is 0 Å². The lowest BCUT2D eigenvalue weighted by atomic mass is 10.00. The molecule has 45 heavy (non-hydrogen) atoms. The molecule has 10 heteroatoms. The highest BCUT2D eigenvalue weighted by Crippen LogP contribution is 2.26. The van der Waals surface area contributed by atoms with E-state index in [2.05, 4.69) is 17.6 Å². The number of carbonyl (C=O) groups is 4. The molecule has 0 spiro atoms. The summed E-state index contributed by atoms with van der Waals surface area (Å²) in [6.07, 6.45) is 2.77. The summed E-state index contributed by atoms with van der Waals surface area (Å²) in [7, 11) is 0. The number of rotatable bonds is 14. The zero-order chi connectivity index (χ0) is 33.8. The number of phenols is 1. The predicted octanol–water partition coefficient (Wildman–Crippen LogP) is 5.82. The van der Waals surface area contributed by atoms with E-state index in [9.17, 15) is 24.3 Å². The van der Waals surface area contributed by atoms with Crippen LogP contribution in [0.25, 0.3) is 0 Å². The van der Waals surface area contributed by atoms with E-state index in [-0.39, 0.29) is 18.7 Å². The summed E-state index contributed by atoms with van der Waals surface area (Å²) in [6.45, 7) is 14.3. The average molecular weight is 626 g/mol. The fourth-order valence-electron chi connectivity index (χ4n) is 4.67. The van der Waals surface area contributed by atoms with Crippen LogP contribution >= 0.6 is 0 Å². The molecule has 248 valence electrons. The second-order valence-electron chi connectivity index (χ2n) is 13.2. The van der Waals surface area contributed by atoms with Crippen LogP contribution in [0, 0.1) is 0 Å². The summed E-state index contributed by atoms with van der Waals surface area (Å²) in [5, 5.41) is 15.5. The molecule has 0 heterocycles. The fraction of sp³-hybridized carbons (Fsp3) is 0.543. The summed E-state index contributed by atoms with van der Waals surface area (Å²) >= 11 is 0. The van der Waals surface area contributed by atoms with Gasteiger partial charge in [0, 0.05) is 13.0 Å². The zero-order valence-corrected chi connectivity index (χ0v) is 28.0. The number of carbonyl (C=O) groups excluding carboxylic acids is 4. The molecule has 2 aromatic rings. The smallest absolute Gasteiger partial charge is 0.408 e. The van der Waals surface area contributed by atoms with E-state index in [1.54, 1.807) is 53.7 Å². The summed E-state index contributed by atoms with van der Waals surface area (Å²) in [5.74, 6) is -1.71. The number of nitrogens with one attached hydrogen (secondary N) is 2. The maximum atomic E-state index is 14.3. The number of alkyl carbamates (subject to hydrolysis) is 1. The summed E-state index contributed by atoms with van der Waals surface area (Å²) in [4.78, 5) is 55.7. The number of phenolic OH excluding ortho intramolecular Hbond substituents is 1.